The first-order chi connectivity index (χ1) is 10.0. The lowest BCUT2D eigenvalue weighted by atomic mass is 10.1. The molecule has 0 aromatic heterocycles. The van der Waals surface area contributed by atoms with Crippen molar-refractivity contribution in [2.45, 2.75) is 36.8 Å². The van der Waals surface area contributed by atoms with Gasteiger partial charge in [-0.25, -0.2) is 13.1 Å². The molecule has 7 heteroatoms. The summed E-state index contributed by atoms with van der Waals surface area (Å²) in [6, 6.07) is 6.06. The number of benzene rings is 1. The largest absolute Gasteiger partial charge is 0.492 e. The molecule has 2 rings (SSSR count). The van der Waals surface area contributed by atoms with Crippen molar-refractivity contribution in [1.82, 2.24) is 4.72 Å². The van der Waals surface area contributed by atoms with Crippen molar-refractivity contribution in [2.24, 2.45) is 5.73 Å². The highest BCUT2D eigenvalue weighted by Crippen LogP contribution is 2.19. The van der Waals surface area contributed by atoms with Gasteiger partial charge in [0.2, 0.25) is 10.0 Å². The molecule has 0 saturated carbocycles. The maximum absolute atomic E-state index is 12.3. The Bertz CT molecular complexity index is 539. The topological polar surface area (TPSA) is 90.7 Å². The van der Waals surface area contributed by atoms with E-state index >= 15 is 0 Å². The molecule has 0 amide bonds. The fourth-order valence-electron chi connectivity index (χ4n) is 2.28. The first-order valence-corrected chi connectivity index (χ1v) is 8.58. The van der Waals surface area contributed by atoms with Gasteiger partial charge in [-0.15, -0.1) is 0 Å². The van der Waals surface area contributed by atoms with Crippen LogP contribution >= 0.6 is 0 Å². The minimum absolute atomic E-state index is 0.0491. The molecule has 1 aliphatic rings. The van der Waals surface area contributed by atoms with Crippen LogP contribution in [0.25, 0.3) is 0 Å². The molecular weight excluding hydrogens is 292 g/mol. The van der Waals surface area contributed by atoms with E-state index < -0.39 is 10.0 Å². The maximum atomic E-state index is 12.3. The van der Waals surface area contributed by atoms with Crippen molar-refractivity contribution in [1.29, 1.82) is 0 Å². The molecule has 1 aromatic rings. The normalized spacial score (nSPS) is 20.4. The molecule has 6 nitrogen and oxygen atoms in total. The summed E-state index contributed by atoms with van der Waals surface area (Å²) < 4.78 is 38.1. The van der Waals surface area contributed by atoms with Gasteiger partial charge in [0.1, 0.15) is 12.4 Å². The minimum atomic E-state index is -3.54. The molecule has 0 spiro atoms. The number of hydrogen-bond donors (Lipinski definition) is 2. The monoisotopic (exact) mass is 314 g/mol. The maximum Gasteiger partial charge on any atom is 0.240 e. The zero-order valence-electron chi connectivity index (χ0n) is 12.1. The molecule has 1 aromatic carbocycles. The third-order valence-corrected chi connectivity index (χ3v) is 4.96. The van der Waals surface area contributed by atoms with Gasteiger partial charge < -0.3 is 15.2 Å². The Balaban J connectivity index is 2.01. The predicted octanol–water partition coefficient (Wildman–Crippen LogP) is 0.870. The van der Waals surface area contributed by atoms with Gasteiger partial charge in [-0.05, 0) is 44.0 Å². The van der Waals surface area contributed by atoms with Crippen LogP contribution in [0.15, 0.2) is 29.2 Å². The summed E-state index contributed by atoms with van der Waals surface area (Å²) in [5.74, 6) is 0.603. The molecule has 2 unspecified atom stereocenters. The molecule has 0 bridgehead atoms. The Kier molecular flexibility index (Phi) is 5.58. The van der Waals surface area contributed by atoms with Crippen LogP contribution in [0.3, 0.4) is 0 Å². The lowest BCUT2D eigenvalue weighted by Crippen LogP contribution is -2.40. The Morgan fingerprint density at radius 2 is 2.14 bits per heavy atom. The lowest BCUT2D eigenvalue weighted by molar-refractivity contribution is 0.0902. The van der Waals surface area contributed by atoms with E-state index in [1.807, 2.05) is 6.92 Å². The molecule has 0 aliphatic carbocycles. The smallest absolute Gasteiger partial charge is 0.240 e. The summed E-state index contributed by atoms with van der Waals surface area (Å²) >= 11 is 0. The van der Waals surface area contributed by atoms with Crippen molar-refractivity contribution in [3.63, 3.8) is 0 Å². The SMILES string of the molecule is CC(NS(=O)(=O)c1ccc(OCCN)cc1)C1CCCO1. The average Bonchev–Trinajstić information content (AvgIpc) is 2.99. The Hall–Kier alpha value is -1.15. The molecular formula is C14H22N2O4S. The number of ether oxygens (including phenoxy) is 2. The number of nitrogens with one attached hydrogen (secondary N) is 1. The van der Waals surface area contributed by atoms with Gasteiger partial charge in [0.25, 0.3) is 0 Å². The summed E-state index contributed by atoms with van der Waals surface area (Å²) in [5.41, 5.74) is 5.35. The Labute approximate surface area is 125 Å². The summed E-state index contributed by atoms with van der Waals surface area (Å²) in [6.45, 7) is 3.34. The minimum Gasteiger partial charge on any atom is -0.492 e. The van der Waals surface area contributed by atoms with Crippen LogP contribution in [0, 0.1) is 0 Å². The third kappa shape index (κ3) is 4.41. The van der Waals surface area contributed by atoms with Crippen LogP contribution in [0.1, 0.15) is 19.8 Å². The molecule has 21 heavy (non-hydrogen) atoms. The van der Waals surface area contributed by atoms with Crippen LogP contribution < -0.4 is 15.2 Å². The lowest BCUT2D eigenvalue weighted by Gasteiger charge is -2.20. The van der Waals surface area contributed by atoms with E-state index in [0.717, 1.165) is 12.8 Å². The Morgan fingerprint density at radius 3 is 2.71 bits per heavy atom. The number of nitrogens with two attached hydrogens (primary N) is 1. The van der Waals surface area contributed by atoms with Crippen molar-refractivity contribution < 1.29 is 17.9 Å². The first kappa shape index (κ1) is 16.2. The molecule has 1 fully saturated rings. The highest BCUT2D eigenvalue weighted by molar-refractivity contribution is 7.89. The summed E-state index contributed by atoms with van der Waals surface area (Å²) in [5, 5.41) is 0. The third-order valence-electron chi connectivity index (χ3n) is 3.38. The Morgan fingerprint density at radius 1 is 1.43 bits per heavy atom. The second kappa shape index (κ2) is 7.22. The van der Waals surface area contributed by atoms with E-state index in [1.165, 1.54) is 12.1 Å². The van der Waals surface area contributed by atoms with E-state index in [9.17, 15) is 8.42 Å². The van der Waals surface area contributed by atoms with Gasteiger partial charge in [-0.2, -0.15) is 0 Å². The van der Waals surface area contributed by atoms with Crippen LogP contribution in [-0.2, 0) is 14.8 Å². The van der Waals surface area contributed by atoms with E-state index in [2.05, 4.69) is 4.72 Å². The van der Waals surface area contributed by atoms with Gasteiger partial charge in [0.15, 0.2) is 0 Å². The summed E-state index contributed by atoms with van der Waals surface area (Å²) in [7, 11) is -3.54. The van der Waals surface area contributed by atoms with E-state index in [4.69, 9.17) is 15.2 Å². The van der Waals surface area contributed by atoms with Crippen LogP contribution in [0.4, 0.5) is 0 Å². The van der Waals surface area contributed by atoms with E-state index in [-0.39, 0.29) is 17.0 Å². The highest BCUT2D eigenvalue weighted by atomic mass is 32.2. The second-order valence-corrected chi connectivity index (χ2v) is 6.78. The van der Waals surface area contributed by atoms with Crippen LogP contribution in [-0.4, -0.2) is 40.3 Å². The van der Waals surface area contributed by atoms with E-state index in [1.54, 1.807) is 12.1 Å². The van der Waals surface area contributed by atoms with Crippen LogP contribution in [0.2, 0.25) is 0 Å². The quantitative estimate of drug-likeness (QED) is 0.779. The van der Waals surface area contributed by atoms with Crippen molar-refractivity contribution in [2.75, 3.05) is 19.8 Å². The molecule has 3 N–H and O–H groups in total. The summed E-state index contributed by atoms with van der Waals surface area (Å²) in [4.78, 5) is 0.215. The average molecular weight is 314 g/mol. The number of rotatable bonds is 7. The molecule has 2 atom stereocenters. The predicted molar refractivity (Wildman–Crippen MR) is 79.7 cm³/mol. The zero-order valence-corrected chi connectivity index (χ0v) is 12.9. The standard InChI is InChI=1S/C14H22N2O4S/c1-11(14-3-2-9-20-14)16-21(17,18)13-6-4-12(5-7-13)19-10-8-15/h4-7,11,14,16H,2-3,8-10,15H2,1H3. The fourth-order valence-corrected chi connectivity index (χ4v) is 3.55. The van der Waals surface area contributed by atoms with Crippen molar-refractivity contribution >= 4 is 10.0 Å². The fraction of sp³-hybridized carbons (Fsp3) is 0.571. The second-order valence-electron chi connectivity index (χ2n) is 5.07. The molecule has 1 saturated heterocycles. The van der Waals surface area contributed by atoms with Crippen molar-refractivity contribution in [3.05, 3.63) is 24.3 Å². The van der Waals surface area contributed by atoms with Gasteiger partial charge in [0, 0.05) is 19.2 Å². The van der Waals surface area contributed by atoms with Gasteiger partial charge in [-0.1, -0.05) is 0 Å². The molecule has 1 heterocycles. The van der Waals surface area contributed by atoms with Gasteiger partial charge in [0.05, 0.1) is 11.0 Å². The van der Waals surface area contributed by atoms with Gasteiger partial charge in [-0.3, -0.25) is 0 Å². The van der Waals surface area contributed by atoms with Crippen LogP contribution in [0.5, 0.6) is 5.75 Å². The first-order valence-electron chi connectivity index (χ1n) is 7.10. The summed E-state index contributed by atoms with van der Waals surface area (Å²) in [6.07, 6.45) is 1.81. The number of hydrogen-bond acceptors (Lipinski definition) is 5. The molecule has 118 valence electrons. The highest BCUT2D eigenvalue weighted by Gasteiger charge is 2.26. The van der Waals surface area contributed by atoms with Gasteiger partial charge >= 0.3 is 0 Å². The van der Waals surface area contributed by atoms with E-state index in [0.29, 0.717) is 25.5 Å². The molecule has 0 radical (unpaired) electrons. The number of sulfonamides is 1. The zero-order chi connectivity index (χ0) is 15.3. The molecule has 1 aliphatic heterocycles. The van der Waals surface area contributed by atoms with Crippen molar-refractivity contribution in [3.8, 4) is 5.75 Å².